The van der Waals surface area contributed by atoms with Crippen LogP contribution in [0.4, 0.5) is 8.78 Å². The van der Waals surface area contributed by atoms with Gasteiger partial charge in [-0.3, -0.25) is 0 Å². The van der Waals surface area contributed by atoms with E-state index < -0.39 is 17.8 Å². The highest BCUT2D eigenvalue weighted by atomic mass is 19.3. The van der Waals surface area contributed by atoms with E-state index in [9.17, 15) is 8.78 Å². The number of alkyl halides is 2. The fourth-order valence-corrected chi connectivity index (χ4v) is 1.75. The SMILES string of the molecule is CC1CC(C)C(F)(F)C1C. The molecule has 1 fully saturated rings. The molecule has 10 heavy (non-hydrogen) atoms. The quantitative estimate of drug-likeness (QED) is 0.495. The van der Waals surface area contributed by atoms with Crippen LogP contribution in [0.1, 0.15) is 27.2 Å². The molecular weight excluding hydrogens is 134 g/mol. The lowest BCUT2D eigenvalue weighted by Gasteiger charge is -2.19. The van der Waals surface area contributed by atoms with Crippen molar-refractivity contribution in [3.8, 4) is 0 Å². The Morgan fingerprint density at radius 2 is 1.70 bits per heavy atom. The van der Waals surface area contributed by atoms with E-state index in [0.29, 0.717) is 6.42 Å². The Labute approximate surface area is 60.6 Å². The second-order valence-electron chi connectivity index (χ2n) is 3.58. The second-order valence-corrected chi connectivity index (χ2v) is 3.58. The molecule has 60 valence electrons. The zero-order chi connectivity index (χ0) is 7.94. The van der Waals surface area contributed by atoms with Gasteiger partial charge in [-0.05, 0) is 12.3 Å². The van der Waals surface area contributed by atoms with Crippen molar-refractivity contribution in [1.82, 2.24) is 0 Å². The Morgan fingerprint density at radius 1 is 1.20 bits per heavy atom. The Morgan fingerprint density at radius 3 is 1.80 bits per heavy atom. The fourth-order valence-electron chi connectivity index (χ4n) is 1.75. The van der Waals surface area contributed by atoms with E-state index >= 15 is 0 Å². The molecule has 3 atom stereocenters. The second kappa shape index (κ2) is 2.18. The summed E-state index contributed by atoms with van der Waals surface area (Å²) in [6.45, 7) is 5.19. The first-order chi connectivity index (χ1) is 4.46. The molecule has 1 aliphatic carbocycles. The van der Waals surface area contributed by atoms with Gasteiger partial charge in [0.1, 0.15) is 0 Å². The first-order valence-electron chi connectivity index (χ1n) is 3.84. The molecule has 0 amide bonds. The highest BCUT2D eigenvalue weighted by Gasteiger charge is 2.50. The van der Waals surface area contributed by atoms with Crippen LogP contribution in [-0.2, 0) is 0 Å². The molecule has 0 aromatic carbocycles. The van der Waals surface area contributed by atoms with Gasteiger partial charge in [0.25, 0.3) is 5.92 Å². The lowest BCUT2D eigenvalue weighted by molar-refractivity contribution is -0.0692. The highest BCUT2D eigenvalue weighted by molar-refractivity contribution is 4.90. The largest absolute Gasteiger partial charge is 0.253 e. The molecule has 0 spiro atoms. The molecule has 0 nitrogen and oxygen atoms in total. The van der Waals surface area contributed by atoms with Crippen LogP contribution in [0.5, 0.6) is 0 Å². The minimum absolute atomic E-state index is 0.185. The smallest absolute Gasteiger partial charge is 0.206 e. The van der Waals surface area contributed by atoms with E-state index in [0.717, 1.165) is 0 Å². The van der Waals surface area contributed by atoms with Crippen LogP contribution in [0.3, 0.4) is 0 Å². The van der Waals surface area contributed by atoms with Crippen LogP contribution >= 0.6 is 0 Å². The van der Waals surface area contributed by atoms with Crippen LogP contribution in [0, 0.1) is 17.8 Å². The maximum atomic E-state index is 13.0. The maximum absolute atomic E-state index is 13.0. The van der Waals surface area contributed by atoms with Crippen molar-refractivity contribution in [3.05, 3.63) is 0 Å². The summed E-state index contributed by atoms with van der Waals surface area (Å²) in [5.41, 5.74) is 0. The molecule has 1 rings (SSSR count). The van der Waals surface area contributed by atoms with E-state index in [4.69, 9.17) is 0 Å². The van der Waals surface area contributed by atoms with Crippen molar-refractivity contribution in [3.63, 3.8) is 0 Å². The molecule has 1 aliphatic rings. The Bertz CT molecular complexity index is 131. The molecule has 1 saturated carbocycles. The van der Waals surface area contributed by atoms with Gasteiger partial charge in [-0.2, -0.15) is 0 Å². The van der Waals surface area contributed by atoms with Gasteiger partial charge in [-0.15, -0.1) is 0 Å². The van der Waals surface area contributed by atoms with Gasteiger partial charge in [0.15, 0.2) is 0 Å². The van der Waals surface area contributed by atoms with Crippen molar-refractivity contribution in [1.29, 1.82) is 0 Å². The lowest BCUT2D eigenvalue weighted by Crippen LogP contribution is -2.27. The first kappa shape index (κ1) is 7.96. The van der Waals surface area contributed by atoms with Crippen molar-refractivity contribution in [2.45, 2.75) is 33.1 Å². The monoisotopic (exact) mass is 148 g/mol. The molecule has 0 N–H and O–H groups in total. The third kappa shape index (κ3) is 0.938. The summed E-state index contributed by atoms with van der Waals surface area (Å²) in [5.74, 6) is -3.08. The summed E-state index contributed by atoms with van der Waals surface area (Å²) in [6.07, 6.45) is 0.675. The lowest BCUT2D eigenvalue weighted by atomic mass is 9.98. The predicted octanol–water partition coefficient (Wildman–Crippen LogP) is 2.93. The van der Waals surface area contributed by atoms with E-state index in [1.165, 1.54) is 0 Å². The molecule has 0 bridgehead atoms. The number of halogens is 2. The number of hydrogen-bond acceptors (Lipinski definition) is 0. The van der Waals surface area contributed by atoms with Crippen molar-refractivity contribution in [2.75, 3.05) is 0 Å². The van der Waals surface area contributed by atoms with E-state index in [1.54, 1.807) is 13.8 Å². The normalized spacial score (nSPS) is 45.9. The Balaban J connectivity index is 2.75. The minimum atomic E-state index is -2.42. The van der Waals surface area contributed by atoms with Crippen molar-refractivity contribution in [2.24, 2.45) is 17.8 Å². The van der Waals surface area contributed by atoms with Gasteiger partial charge in [0, 0.05) is 11.8 Å². The summed E-state index contributed by atoms with van der Waals surface area (Å²) in [4.78, 5) is 0. The average molecular weight is 148 g/mol. The van der Waals surface area contributed by atoms with Gasteiger partial charge < -0.3 is 0 Å². The summed E-state index contributed by atoms with van der Waals surface area (Å²) in [7, 11) is 0. The van der Waals surface area contributed by atoms with Crippen LogP contribution in [0.2, 0.25) is 0 Å². The third-order valence-corrected chi connectivity index (χ3v) is 2.84. The van der Waals surface area contributed by atoms with Crippen LogP contribution in [-0.4, -0.2) is 5.92 Å². The Hall–Kier alpha value is -0.140. The summed E-state index contributed by atoms with van der Waals surface area (Å²) < 4.78 is 26.0. The molecular formula is C8H14F2. The molecule has 0 aromatic rings. The molecule has 0 radical (unpaired) electrons. The standard InChI is InChI=1S/C8H14F2/c1-5-4-6(2)8(9,10)7(5)3/h5-7H,4H2,1-3H3. The van der Waals surface area contributed by atoms with E-state index in [-0.39, 0.29) is 5.92 Å². The van der Waals surface area contributed by atoms with Gasteiger partial charge in [0.2, 0.25) is 0 Å². The molecule has 3 unspecified atom stereocenters. The van der Waals surface area contributed by atoms with Crippen LogP contribution in [0.15, 0.2) is 0 Å². The maximum Gasteiger partial charge on any atom is 0.253 e. The minimum Gasteiger partial charge on any atom is -0.206 e. The van der Waals surface area contributed by atoms with E-state index in [1.807, 2.05) is 6.92 Å². The fraction of sp³-hybridized carbons (Fsp3) is 1.00. The summed E-state index contributed by atoms with van der Waals surface area (Å²) in [5, 5.41) is 0. The van der Waals surface area contributed by atoms with Crippen molar-refractivity contribution < 1.29 is 8.78 Å². The van der Waals surface area contributed by atoms with Gasteiger partial charge in [-0.1, -0.05) is 20.8 Å². The molecule has 0 saturated heterocycles. The van der Waals surface area contributed by atoms with E-state index in [2.05, 4.69) is 0 Å². The highest BCUT2D eigenvalue weighted by Crippen LogP contribution is 2.47. The number of hydrogen-bond donors (Lipinski definition) is 0. The molecule has 0 heterocycles. The predicted molar refractivity (Wildman–Crippen MR) is 37.1 cm³/mol. The van der Waals surface area contributed by atoms with Gasteiger partial charge in [0.05, 0.1) is 0 Å². The van der Waals surface area contributed by atoms with Crippen LogP contribution in [0.25, 0.3) is 0 Å². The number of rotatable bonds is 0. The first-order valence-corrected chi connectivity index (χ1v) is 3.84. The molecule has 0 aliphatic heterocycles. The summed E-state index contributed by atoms with van der Waals surface area (Å²) >= 11 is 0. The zero-order valence-electron chi connectivity index (χ0n) is 6.70. The van der Waals surface area contributed by atoms with Gasteiger partial charge in [-0.25, -0.2) is 8.78 Å². The zero-order valence-corrected chi connectivity index (χ0v) is 6.70. The van der Waals surface area contributed by atoms with Gasteiger partial charge >= 0.3 is 0 Å². The van der Waals surface area contributed by atoms with Crippen molar-refractivity contribution >= 4 is 0 Å². The Kier molecular flexibility index (Phi) is 1.73. The third-order valence-electron chi connectivity index (χ3n) is 2.84. The summed E-state index contributed by atoms with van der Waals surface area (Å²) in [6, 6.07) is 0. The van der Waals surface area contributed by atoms with Crippen LogP contribution < -0.4 is 0 Å². The molecule has 2 heteroatoms. The topological polar surface area (TPSA) is 0 Å². The molecule has 0 aromatic heterocycles. The average Bonchev–Trinajstić information content (AvgIpc) is 1.97.